The summed E-state index contributed by atoms with van der Waals surface area (Å²) in [6.45, 7) is 4.62. The summed E-state index contributed by atoms with van der Waals surface area (Å²) in [6, 6.07) is 7.83. The smallest absolute Gasteiger partial charge is 0.233 e. The molecule has 1 aliphatic heterocycles. The van der Waals surface area contributed by atoms with Gasteiger partial charge in [0.05, 0.1) is 25.2 Å². The van der Waals surface area contributed by atoms with Gasteiger partial charge in [0.15, 0.2) is 5.82 Å². The van der Waals surface area contributed by atoms with Crippen LogP contribution in [0.5, 0.6) is 5.88 Å². The fourth-order valence-electron chi connectivity index (χ4n) is 3.06. The van der Waals surface area contributed by atoms with Gasteiger partial charge >= 0.3 is 0 Å². The monoisotopic (exact) mass is 401 g/mol. The molecule has 0 unspecified atom stereocenters. The molecule has 0 N–H and O–H groups in total. The van der Waals surface area contributed by atoms with Crippen molar-refractivity contribution in [3.05, 3.63) is 52.8 Å². The number of piperazine rings is 1. The van der Waals surface area contributed by atoms with Crippen LogP contribution in [0.1, 0.15) is 5.69 Å². The number of hydrogen-bond acceptors (Lipinski definition) is 7. The molecule has 1 saturated heterocycles. The summed E-state index contributed by atoms with van der Waals surface area (Å²) in [4.78, 5) is 18.1. The molecule has 0 bridgehead atoms. The predicted molar refractivity (Wildman–Crippen MR) is 109 cm³/mol. The van der Waals surface area contributed by atoms with Crippen LogP contribution in [0.3, 0.4) is 0 Å². The Morgan fingerprint density at radius 3 is 2.59 bits per heavy atom. The van der Waals surface area contributed by atoms with E-state index in [-0.39, 0.29) is 0 Å². The van der Waals surface area contributed by atoms with E-state index in [0.29, 0.717) is 5.88 Å². The van der Waals surface area contributed by atoms with Crippen LogP contribution < -0.4 is 9.64 Å². The van der Waals surface area contributed by atoms with E-state index in [1.54, 1.807) is 30.8 Å². The summed E-state index contributed by atoms with van der Waals surface area (Å²) >= 11 is 7.64. The number of nitrogens with zero attached hydrogens (tertiary/aromatic N) is 5. The van der Waals surface area contributed by atoms with Crippen LogP contribution in [0.2, 0.25) is 5.02 Å². The Bertz CT molecular complexity index is 893. The highest BCUT2D eigenvalue weighted by Crippen LogP contribution is 2.26. The highest BCUT2D eigenvalue weighted by Gasteiger charge is 2.19. The second-order valence-corrected chi connectivity index (χ2v) is 7.63. The molecule has 4 rings (SSSR count). The number of methoxy groups -OCH3 is 1. The van der Waals surface area contributed by atoms with Crippen LogP contribution in [0, 0.1) is 0 Å². The van der Waals surface area contributed by atoms with E-state index in [1.165, 1.54) is 0 Å². The Labute approximate surface area is 167 Å². The highest BCUT2D eigenvalue weighted by atomic mass is 35.5. The van der Waals surface area contributed by atoms with E-state index in [2.05, 4.69) is 25.1 Å². The summed E-state index contributed by atoms with van der Waals surface area (Å²) < 4.78 is 5.17. The first kappa shape index (κ1) is 18.2. The third-order valence-corrected chi connectivity index (χ3v) is 5.73. The summed E-state index contributed by atoms with van der Waals surface area (Å²) in [5.41, 5.74) is 2.22. The van der Waals surface area contributed by atoms with Crippen molar-refractivity contribution >= 4 is 28.8 Å². The first-order chi connectivity index (χ1) is 13.2. The molecule has 27 heavy (non-hydrogen) atoms. The molecule has 1 fully saturated rings. The molecule has 0 radical (unpaired) electrons. The van der Waals surface area contributed by atoms with Crippen LogP contribution in [0.15, 0.2) is 42.0 Å². The van der Waals surface area contributed by atoms with Crippen molar-refractivity contribution in [2.24, 2.45) is 0 Å². The lowest BCUT2D eigenvalue weighted by molar-refractivity contribution is 0.247. The van der Waals surface area contributed by atoms with Gasteiger partial charge in [-0.2, -0.15) is 4.98 Å². The quantitative estimate of drug-likeness (QED) is 0.651. The fourth-order valence-corrected chi connectivity index (χ4v) is 4.00. The number of halogens is 1. The maximum atomic E-state index is 5.96. The van der Waals surface area contributed by atoms with E-state index in [4.69, 9.17) is 21.3 Å². The van der Waals surface area contributed by atoms with Gasteiger partial charge < -0.3 is 9.64 Å². The van der Waals surface area contributed by atoms with Crippen molar-refractivity contribution in [1.82, 2.24) is 19.9 Å². The molecule has 0 amide bonds. The van der Waals surface area contributed by atoms with Gasteiger partial charge in [-0.05, 0) is 12.1 Å². The molecule has 6 nitrogen and oxygen atoms in total. The predicted octanol–water partition coefficient (Wildman–Crippen LogP) is 3.58. The molecule has 2 aromatic heterocycles. The Morgan fingerprint density at radius 2 is 1.85 bits per heavy atom. The van der Waals surface area contributed by atoms with Gasteiger partial charge in [0.1, 0.15) is 5.01 Å². The van der Waals surface area contributed by atoms with Gasteiger partial charge in [-0.15, -0.1) is 11.3 Å². The standard InChI is InChI=1S/C19H20ClN5OS/c1-26-18-11-21-10-17(23-18)25-8-6-24(7-9-25)12-16-13-27-19(22-16)14-2-4-15(20)5-3-14/h2-5,10-11,13H,6-9,12H2,1H3. The Morgan fingerprint density at radius 1 is 1.07 bits per heavy atom. The Kier molecular flexibility index (Phi) is 5.52. The number of hydrogen-bond donors (Lipinski definition) is 0. The number of anilines is 1. The zero-order valence-corrected chi connectivity index (χ0v) is 16.6. The van der Waals surface area contributed by atoms with Gasteiger partial charge in [-0.1, -0.05) is 23.7 Å². The molecule has 8 heteroatoms. The van der Waals surface area contributed by atoms with Crippen molar-refractivity contribution in [2.45, 2.75) is 6.54 Å². The van der Waals surface area contributed by atoms with Crippen LogP contribution in [-0.4, -0.2) is 53.1 Å². The average Bonchev–Trinajstić information content (AvgIpc) is 3.17. The van der Waals surface area contributed by atoms with Crippen molar-refractivity contribution in [3.8, 4) is 16.5 Å². The molecular formula is C19H20ClN5OS. The second kappa shape index (κ2) is 8.21. The molecule has 1 aliphatic rings. The zero-order chi connectivity index (χ0) is 18.6. The average molecular weight is 402 g/mol. The molecule has 3 heterocycles. The lowest BCUT2D eigenvalue weighted by atomic mass is 10.2. The lowest BCUT2D eigenvalue weighted by Crippen LogP contribution is -2.46. The first-order valence-corrected chi connectivity index (χ1v) is 10.0. The van der Waals surface area contributed by atoms with Crippen molar-refractivity contribution in [2.75, 3.05) is 38.2 Å². The van der Waals surface area contributed by atoms with Crippen molar-refractivity contribution < 1.29 is 4.74 Å². The molecular weight excluding hydrogens is 382 g/mol. The molecule has 0 aliphatic carbocycles. The Hall–Kier alpha value is -2.22. The fraction of sp³-hybridized carbons (Fsp3) is 0.316. The molecule has 0 spiro atoms. The highest BCUT2D eigenvalue weighted by molar-refractivity contribution is 7.13. The van der Waals surface area contributed by atoms with Crippen molar-refractivity contribution in [1.29, 1.82) is 0 Å². The number of aromatic nitrogens is 3. The SMILES string of the molecule is COc1cncc(N2CCN(Cc3csc(-c4ccc(Cl)cc4)n3)CC2)n1. The minimum Gasteiger partial charge on any atom is -0.480 e. The van der Waals surface area contributed by atoms with Gasteiger partial charge in [-0.3, -0.25) is 9.88 Å². The Balaban J connectivity index is 1.35. The van der Waals surface area contributed by atoms with Crippen LogP contribution in [0.25, 0.3) is 10.6 Å². The summed E-state index contributed by atoms with van der Waals surface area (Å²) in [5.74, 6) is 1.42. The number of thiazole rings is 1. The summed E-state index contributed by atoms with van der Waals surface area (Å²) in [7, 11) is 1.61. The maximum Gasteiger partial charge on any atom is 0.233 e. The summed E-state index contributed by atoms with van der Waals surface area (Å²) in [5, 5.41) is 3.92. The molecule has 140 valence electrons. The van der Waals surface area contributed by atoms with Crippen LogP contribution >= 0.6 is 22.9 Å². The third kappa shape index (κ3) is 4.37. The second-order valence-electron chi connectivity index (χ2n) is 6.33. The van der Waals surface area contributed by atoms with Gasteiger partial charge in [0.25, 0.3) is 0 Å². The molecule has 1 aromatic carbocycles. The topological polar surface area (TPSA) is 54.4 Å². The van der Waals surface area contributed by atoms with E-state index >= 15 is 0 Å². The van der Waals surface area contributed by atoms with Crippen LogP contribution in [0.4, 0.5) is 5.82 Å². The minimum atomic E-state index is 0.548. The zero-order valence-electron chi connectivity index (χ0n) is 15.0. The minimum absolute atomic E-state index is 0.548. The maximum absolute atomic E-state index is 5.96. The van der Waals surface area contributed by atoms with E-state index in [0.717, 1.165) is 59.8 Å². The molecule has 0 saturated carbocycles. The van der Waals surface area contributed by atoms with Gasteiger partial charge in [0, 0.05) is 48.7 Å². The third-order valence-electron chi connectivity index (χ3n) is 4.53. The number of benzene rings is 1. The van der Waals surface area contributed by atoms with E-state index < -0.39 is 0 Å². The largest absolute Gasteiger partial charge is 0.480 e. The van der Waals surface area contributed by atoms with Gasteiger partial charge in [-0.25, -0.2) is 4.98 Å². The van der Waals surface area contributed by atoms with Gasteiger partial charge in [0.2, 0.25) is 5.88 Å². The van der Waals surface area contributed by atoms with Crippen LogP contribution in [-0.2, 0) is 6.54 Å². The normalized spacial score (nSPS) is 15.1. The number of ether oxygens (including phenoxy) is 1. The lowest BCUT2D eigenvalue weighted by Gasteiger charge is -2.34. The molecule has 3 aromatic rings. The molecule has 0 atom stereocenters. The first-order valence-electron chi connectivity index (χ1n) is 8.75. The number of rotatable bonds is 5. The summed E-state index contributed by atoms with van der Waals surface area (Å²) in [6.07, 6.45) is 3.41. The van der Waals surface area contributed by atoms with Crippen molar-refractivity contribution in [3.63, 3.8) is 0 Å². The van der Waals surface area contributed by atoms with E-state index in [1.807, 2.05) is 24.3 Å². The van der Waals surface area contributed by atoms with E-state index in [9.17, 15) is 0 Å².